The number of hydrogen-bond donors (Lipinski definition) is 1. The van der Waals surface area contributed by atoms with Crippen molar-refractivity contribution in [3.63, 3.8) is 0 Å². The first-order valence-electron chi connectivity index (χ1n) is 7.15. The van der Waals surface area contributed by atoms with Gasteiger partial charge in [-0.05, 0) is 35.7 Å². The molecule has 2 aromatic carbocycles. The third-order valence-corrected chi connectivity index (χ3v) is 4.62. The summed E-state index contributed by atoms with van der Waals surface area (Å²) in [5, 5.41) is 0. The molecule has 4 heteroatoms. The molecule has 3 rings (SSSR count). The predicted octanol–water partition coefficient (Wildman–Crippen LogP) is 3.65. The summed E-state index contributed by atoms with van der Waals surface area (Å²) in [4.78, 5) is 2.27. The molecule has 2 nitrogen and oxygen atoms in total. The first-order chi connectivity index (χ1) is 10.2. The van der Waals surface area contributed by atoms with E-state index in [0.29, 0.717) is 18.7 Å². The quantitative estimate of drug-likeness (QED) is 0.917. The summed E-state index contributed by atoms with van der Waals surface area (Å²) in [5.41, 5.74) is 9.34. The van der Waals surface area contributed by atoms with Crippen LogP contribution in [0.5, 0.6) is 0 Å². The predicted molar refractivity (Wildman–Crippen MR) is 86.5 cm³/mol. The van der Waals surface area contributed by atoms with E-state index < -0.39 is 0 Å². The van der Waals surface area contributed by atoms with Gasteiger partial charge < -0.3 is 5.73 Å². The fourth-order valence-corrected chi connectivity index (χ4v) is 3.46. The topological polar surface area (TPSA) is 29.3 Å². The van der Waals surface area contributed by atoms with Crippen molar-refractivity contribution in [2.75, 3.05) is 13.1 Å². The number of halogens is 2. The summed E-state index contributed by atoms with van der Waals surface area (Å²) in [5.74, 6) is -0.159. The van der Waals surface area contributed by atoms with E-state index in [0.717, 1.165) is 17.4 Å². The fourth-order valence-electron chi connectivity index (χ4n) is 3.05. The molecule has 1 atom stereocenters. The monoisotopic (exact) mass is 348 g/mol. The Labute approximate surface area is 132 Å². The first-order valence-corrected chi connectivity index (χ1v) is 7.94. The van der Waals surface area contributed by atoms with Gasteiger partial charge in [0.1, 0.15) is 5.82 Å². The van der Waals surface area contributed by atoms with Crippen molar-refractivity contribution in [1.29, 1.82) is 0 Å². The fraction of sp³-hybridized carbons (Fsp3) is 0.294. The second kappa shape index (κ2) is 6.26. The average Bonchev–Trinajstić information content (AvgIpc) is 2.50. The van der Waals surface area contributed by atoms with Crippen molar-refractivity contribution in [2.24, 2.45) is 5.73 Å². The summed E-state index contributed by atoms with van der Waals surface area (Å²) in [7, 11) is 0. The highest BCUT2D eigenvalue weighted by Gasteiger charge is 2.26. The third-order valence-electron chi connectivity index (χ3n) is 4.13. The molecule has 2 N–H and O–H groups in total. The second-order valence-electron chi connectivity index (χ2n) is 5.41. The largest absolute Gasteiger partial charge is 0.329 e. The molecule has 2 aromatic rings. The maximum Gasteiger partial charge on any atom is 0.127 e. The molecule has 0 radical (unpaired) electrons. The molecule has 0 aliphatic carbocycles. The minimum absolute atomic E-state index is 0.159. The maximum atomic E-state index is 14.0. The summed E-state index contributed by atoms with van der Waals surface area (Å²) in [6.45, 7) is 2.04. The van der Waals surface area contributed by atoms with Gasteiger partial charge >= 0.3 is 0 Å². The van der Waals surface area contributed by atoms with Gasteiger partial charge in [0, 0.05) is 35.7 Å². The molecule has 0 saturated carbocycles. The van der Waals surface area contributed by atoms with Crippen molar-refractivity contribution in [1.82, 2.24) is 4.90 Å². The van der Waals surface area contributed by atoms with Gasteiger partial charge in [-0.1, -0.05) is 40.2 Å². The van der Waals surface area contributed by atoms with Crippen LogP contribution in [0.2, 0.25) is 0 Å². The van der Waals surface area contributed by atoms with Crippen LogP contribution in [0.15, 0.2) is 46.9 Å². The van der Waals surface area contributed by atoms with Crippen molar-refractivity contribution < 1.29 is 4.39 Å². The zero-order chi connectivity index (χ0) is 14.8. The lowest BCUT2D eigenvalue weighted by Crippen LogP contribution is -2.39. The zero-order valence-corrected chi connectivity index (χ0v) is 13.3. The van der Waals surface area contributed by atoms with Crippen molar-refractivity contribution >= 4 is 15.9 Å². The van der Waals surface area contributed by atoms with Crippen molar-refractivity contribution in [2.45, 2.75) is 19.0 Å². The van der Waals surface area contributed by atoms with Gasteiger partial charge in [0.25, 0.3) is 0 Å². The van der Waals surface area contributed by atoms with E-state index in [1.54, 1.807) is 6.07 Å². The van der Waals surface area contributed by atoms with Crippen LogP contribution in [-0.4, -0.2) is 18.0 Å². The van der Waals surface area contributed by atoms with E-state index >= 15 is 0 Å². The molecule has 0 bridgehead atoms. The maximum absolute atomic E-state index is 14.0. The number of hydrogen-bond acceptors (Lipinski definition) is 2. The molecule has 1 aliphatic heterocycles. The van der Waals surface area contributed by atoms with E-state index in [2.05, 4.69) is 39.0 Å². The Hall–Kier alpha value is -1.23. The number of fused-ring (bicyclic) bond motifs is 1. The molecule has 0 amide bonds. The summed E-state index contributed by atoms with van der Waals surface area (Å²) >= 11 is 3.41. The van der Waals surface area contributed by atoms with Crippen LogP contribution in [-0.2, 0) is 13.0 Å². The van der Waals surface area contributed by atoms with Crippen LogP contribution in [0.1, 0.15) is 22.7 Å². The van der Waals surface area contributed by atoms with Gasteiger partial charge in [0.2, 0.25) is 0 Å². The molecule has 0 saturated heterocycles. The molecule has 110 valence electrons. The van der Waals surface area contributed by atoms with E-state index in [4.69, 9.17) is 5.73 Å². The number of nitrogens with zero attached hydrogens (tertiary/aromatic N) is 1. The second-order valence-corrected chi connectivity index (χ2v) is 6.32. The lowest BCUT2D eigenvalue weighted by Gasteiger charge is -2.36. The van der Waals surface area contributed by atoms with Gasteiger partial charge in [0.05, 0.1) is 0 Å². The summed E-state index contributed by atoms with van der Waals surface area (Å²) in [6, 6.07) is 13.7. The normalized spacial score (nSPS) is 18.5. The number of rotatable bonds is 3. The standard InChI is InChI=1S/C17H18BrFN2/c18-14-5-6-16(19)13(9-14)11-21-8-7-12-3-1-2-4-15(12)17(21)10-20/h1-6,9,17H,7-8,10-11,20H2. The molecule has 0 aromatic heterocycles. The van der Waals surface area contributed by atoms with E-state index in [9.17, 15) is 4.39 Å². The Morgan fingerprint density at radius 3 is 2.86 bits per heavy atom. The summed E-state index contributed by atoms with van der Waals surface area (Å²) < 4.78 is 14.9. The van der Waals surface area contributed by atoms with Crippen molar-refractivity contribution in [3.05, 3.63) is 69.4 Å². The molecule has 0 spiro atoms. The highest BCUT2D eigenvalue weighted by atomic mass is 79.9. The Morgan fingerprint density at radius 1 is 1.24 bits per heavy atom. The molecule has 1 heterocycles. The Kier molecular flexibility index (Phi) is 4.38. The SMILES string of the molecule is NCC1c2ccccc2CCN1Cc1cc(Br)ccc1F. The molecule has 0 fully saturated rings. The first kappa shape index (κ1) is 14.7. The van der Waals surface area contributed by atoms with Gasteiger partial charge in [-0.15, -0.1) is 0 Å². The van der Waals surface area contributed by atoms with Gasteiger partial charge in [0.15, 0.2) is 0 Å². The lowest BCUT2D eigenvalue weighted by atomic mass is 9.92. The van der Waals surface area contributed by atoms with Gasteiger partial charge in [-0.3, -0.25) is 4.90 Å². The minimum atomic E-state index is -0.159. The smallest absolute Gasteiger partial charge is 0.127 e. The highest BCUT2D eigenvalue weighted by molar-refractivity contribution is 9.10. The van der Waals surface area contributed by atoms with Crippen LogP contribution < -0.4 is 5.73 Å². The Morgan fingerprint density at radius 2 is 2.05 bits per heavy atom. The van der Waals surface area contributed by atoms with Crippen LogP contribution >= 0.6 is 15.9 Å². The zero-order valence-electron chi connectivity index (χ0n) is 11.7. The Bertz CT molecular complexity index is 644. The van der Waals surface area contributed by atoms with Gasteiger partial charge in [-0.25, -0.2) is 4.39 Å². The van der Waals surface area contributed by atoms with Crippen LogP contribution in [0.25, 0.3) is 0 Å². The molecule has 1 aliphatic rings. The van der Waals surface area contributed by atoms with Gasteiger partial charge in [-0.2, -0.15) is 0 Å². The highest BCUT2D eigenvalue weighted by Crippen LogP contribution is 2.30. The molecular weight excluding hydrogens is 331 g/mol. The van der Waals surface area contributed by atoms with Crippen LogP contribution in [0, 0.1) is 5.82 Å². The van der Waals surface area contributed by atoms with Crippen LogP contribution in [0.4, 0.5) is 4.39 Å². The van der Waals surface area contributed by atoms with Crippen molar-refractivity contribution in [3.8, 4) is 0 Å². The molecular formula is C17H18BrFN2. The third kappa shape index (κ3) is 3.03. The number of benzene rings is 2. The van der Waals surface area contributed by atoms with E-state index in [1.165, 1.54) is 17.2 Å². The minimum Gasteiger partial charge on any atom is -0.329 e. The number of nitrogens with two attached hydrogens (primary N) is 1. The molecule has 1 unspecified atom stereocenters. The molecule has 21 heavy (non-hydrogen) atoms. The van der Waals surface area contributed by atoms with E-state index in [-0.39, 0.29) is 11.9 Å². The summed E-state index contributed by atoms with van der Waals surface area (Å²) in [6.07, 6.45) is 0.988. The van der Waals surface area contributed by atoms with E-state index in [1.807, 2.05) is 12.1 Å². The Balaban J connectivity index is 1.88. The average molecular weight is 349 g/mol. The van der Waals surface area contributed by atoms with Crippen LogP contribution in [0.3, 0.4) is 0 Å². The lowest BCUT2D eigenvalue weighted by molar-refractivity contribution is 0.178.